The molecule has 0 bridgehead atoms. The van der Waals surface area contributed by atoms with E-state index in [9.17, 15) is 0 Å². The highest BCUT2D eigenvalue weighted by molar-refractivity contribution is 7.11. The van der Waals surface area contributed by atoms with Gasteiger partial charge in [0.05, 0.1) is 0 Å². The van der Waals surface area contributed by atoms with Crippen molar-refractivity contribution in [3.05, 3.63) is 75.5 Å². The third kappa shape index (κ3) is 4.71. The van der Waals surface area contributed by atoms with E-state index in [-0.39, 0.29) is 6.04 Å². The van der Waals surface area contributed by atoms with E-state index in [2.05, 4.69) is 83.0 Å². The SMILES string of the molecule is C=C(C)c1sccc1-c1c(C)c(C)cc(C)c1-c1ccc(C(N)CC)cc1.CC. The van der Waals surface area contributed by atoms with Gasteiger partial charge in [-0.25, -0.2) is 0 Å². The number of benzene rings is 2. The molecule has 0 aliphatic heterocycles. The molecule has 1 heterocycles. The highest BCUT2D eigenvalue weighted by atomic mass is 32.1. The topological polar surface area (TPSA) is 26.0 Å². The van der Waals surface area contributed by atoms with Crippen LogP contribution in [0.25, 0.3) is 27.8 Å². The predicted molar refractivity (Wildman–Crippen MR) is 133 cm³/mol. The van der Waals surface area contributed by atoms with Crippen LogP contribution in [0.5, 0.6) is 0 Å². The molecule has 0 spiro atoms. The van der Waals surface area contributed by atoms with Crippen molar-refractivity contribution in [1.82, 2.24) is 0 Å². The summed E-state index contributed by atoms with van der Waals surface area (Å²) in [6, 6.07) is 13.4. The molecular formula is C27H35NS. The minimum absolute atomic E-state index is 0.103. The van der Waals surface area contributed by atoms with Gasteiger partial charge in [-0.1, -0.05) is 57.7 Å². The Morgan fingerprint density at radius 1 is 1.00 bits per heavy atom. The summed E-state index contributed by atoms with van der Waals surface area (Å²) in [5, 5.41) is 2.17. The quantitative estimate of drug-likeness (QED) is 0.452. The Labute approximate surface area is 181 Å². The van der Waals surface area contributed by atoms with Crippen molar-refractivity contribution in [1.29, 1.82) is 0 Å². The lowest BCUT2D eigenvalue weighted by Crippen LogP contribution is -2.08. The Balaban J connectivity index is 0.00000145. The Kier molecular flexibility index (Phi) is 8.01. The number of rotatable bonds is 5. The van der Waals surface area contributed by atoms with Crippen LogP contribution in [0.3, 0.4) is 0 Å². The number of nitrogens with two attached hydrogens (primary N) is 1. The van der Waals surface area contributed by atoms with E-state index in [0.717, 1.165) is 12.0 Å². The van der Waals surface area contributed by atoms with E-state index in [0.29, 0.717) is 0 Å². The molecule has 0 aliphatic rings. The highest BCUT2D eigenvalue weighted by Gasteiger charge is 2.19. The molecular weight excluding hydrogens is 370 g/mol. The zero-order valence-corrected chi connectivity index (χ0v) is 19.8. The van der Waals surface area contributed by atoms with E-state index in [4.69, 9.17) is 5.73 Å². The van der Waals surface area contributed by atoms with Crippen LogP contribution in [0.2, 0.25) is 0 Å². The van der Waals surface area contributed by atoms with Crippen molar-refractivity contribution in [2.75, 3.05) is 0 Å². The predicted octanol–water partition coefficient (Wildman–Crippen LogP) is 8.48. The Bertz CT molecular complexity index is 977. The number of aryl methyl sites for hydroxylation is 2. The van der Waals surface area contributed by atoms with Crippen LogP contribution >= 0.6 is 11.3 Å². The normalized spacial score (nSPS) is 11.6. The smallest absolute Gasteiger partial charge is 0.0372 e. The minimum atomic E-state index is 0.103. The molecule has 1 atom stereocenters. The number of hydrogen-bond acceptors (Lipinski definition) is 2. The lowest BCUT2D eigenvalue weighted by atomic mass is 9.85. The molecule has 2 N–H and O–H groups in total. The molecule has 3 rings (SSSR count). The lowest BCUT2D eigenvalue weighted by Gasteiger charge is -2.20. The Morgan fingerprint density at radius 2 is 1.62 bits per heavy atom. The largest absolute Gasteiger partial charge is 0.324 e. The first kappa shape index (κ1) is 23.1. The maximum absolute atomic E-state index is 6.21. The van der Waals surface area contributed by atoms with Crippen LogP contribution in [0.4, 0.5) is 0 Å². The molecule has 2 aromatic carbocycles. The zero-order valence-electron chi connectivity index (χ0n) is 19.0. The molecule has 0 amide bonds. The van der Waals surface area contributed by atoms with Gasteiger partial charge in [0.25, 0.3) is 0 Å². The third-order valence-corrected chi connectivity index (χ3v) is 6.51. The van der Waals surface area contributed by atoms with E-state index in [1.807, 2.05) is 13.8 Å². The standard InChI is InChI=1S/C25H29NS.C2H6/c1-7-22(26)19-8-10-20(11-9-19)23-17(5)14-16(4)18(6)24(23)21-12-13-27-25(21)15(2)3;1-2/h8-14,22H,2,7,26H2,1,3-6H3;1-2H3. The van der Waals surface area contributed by atoms with Gasteiger partial charge in [-0.05, 0) is 90.1 Å². The van der Waals surface area contributed by atoms with Gasteiger partial charge in [0.15, 0.2) is 0 Å². The lowest BCUT2D eigenvalue weighted by molar-refractivity contribution is 0.699. The molecule has 29 heavy (non-hydrogen) atoms. The first-order valence-corrected chi connectivity index (χ1v) is 11.4. The van der Waals surface area contributed by atoms with Crippen molar-refractivity contribution in [3.63, 3.8) is 0 Å². The summed E-state index contributed by atoms with van der Waals surface area (Å²) < 4.78 is 0. The zero-order chi connectivity index (χ0) is 21.7. The maximum Gasteiger partial charge on any atom is 0.0372 e. The van der Waals surface area contributed by atoms with Crippen molar-refractivity contribution in [2.45, 2.75) is 60.9 Å². The summed E-state index contributed by atoms with van der Waals surface area (Å²) in [6.45, 7) is 19.1. The van der Waals surface area contributed by atoms with Crippen LogP contribution in [-0.2, 0) is 0 Å². The molecule has 0 fully saturated rings. The fraction of sp³-hybridized carbons (Fsp3) is 0.333. The average Bonchev–Trinajstić information content (AvgIpc) is 3.21. The van der Waals surface area contributed by atoms with Gasteiger partial charge >= 0.3 is 0 Å². The van der Waals surface area contributed by atoms with E-state index in [1.54, 1.807) is 11.3 Å². The van der Waals surface area contributed by atoms with Crippen molar-refractivity contribution in [3.8, 4) is 22.3 Å². The summed E-state index contributed by atoms with van der Waals surface area (Å²) >= 11 is 1.77. The molecule has 3 aromatic rings. The Hall–Kier alpha value is -2.16. The molecule has 1 unspecified atom stereocenters. The second-order valence-corrected chi connectivity index (χ2v) is 8.38. The van der Waals surface area contributed by atoms with Crippen molar-refractivity contribution >= 4 is 16.9 Å². The van der Waals surface area contributed by atoms with E-state index in [1.165, 1.54) is 49.4 Å². The summed E-state index contributed by atoms with van der Waals surface area (Å²) in [5.74, 6) is 0. The maximum atomic E-state index is 6.21. The number of allylic oxidation sites excluding steroid dienone is 1. The Morgan fingerprint density at radius 3 is 2.17 bits per heavy atom. The summed E-state index contributed by atoms with van der Waals surface area (Å²) in [5.41, 5.74) is 17.7. The molecule has 1 nitrogen and oxygen atoms in total. The first-order chi connectivity index (χ1) is 13.8. The molecule has 154 valence electrons. The summed E-state index contributed by atoms with van der Waals surface area (Å²) in [4.78, 5) is 1.27. The summed E-state index contributed by atoms with van der Waals surface area (Å²) in [7, 11) is 0. The number of hydrogen-bond donors (Lipinski definition) is 1. The van der Waals surface area contributed by atoms with Crippen molar-refractivity contribution in [2.24, 2.45) is 5.73 Å². The van der Waals surface area contributed by atoms with Gasteiger partial charge in [0, 0.05) is 16.5 Å². The van der Waals surface area contributed by atoms with Gasteiger partial charge in [0.1, 0.15) is 0 Å². The fourth-order valence-corrected chi connectivity index (χ4v) is 4.60. The highest BCUT2D eigenvalue weighted by Crippen LogP contribution is 2.43. The molecule has 0 aliphatic carbocycles. The summed E-state index contributed by atoms with van der Waals surface area (Å²) in [6.07, 6.45) is 0.949. The van der Waals surface area contributed by atoms with Crippen LogP contribution < -0.4 is 5.73 Å². The molecule has 0 saturated heterocycles. The molecule has 0 radical (unpaired) electrons. The second kappa shape index (κ2) is 10.0. The van der Waals surface area contributed by atoms with Crippen LogP contribution in [0, 0.1) is 20.8 Å². The molecule has 0 saturated carbocycles. The average molecular weight is 406 g/mol. The molecule has 1 aromatic heterocycles. The third-order valence-electron chi connectivity index (χ3n) is 5.43. The van der Waals surface area contributed by atoms with E-state index >= 15 is 0 Å². The van der Waals surface area contributed by atoms with Crippen molar-refractivity contribution < 1.29 is 0 Å². The van der Waals surface area contributed by atoms with Gasteiger partial charge in [-0.15, -0.1) is 11.3 Å². The van der Waals surface area contributed by atoms with Gasteiger partial charge in [0.2, 0.25) is 0 Å². The van der Waals surface area contributed by atoms with Gasteiger partial charge in [-0.3, -0.25) is 0 Å². The number of thiophene rings is 1. The van der Waals surface area contributed by atoms with Crippen LogP contribution in [0.1, 0.15) is 67.3 Å². The van der Waals surface area contributed by atoms with Crippen LogP contribution in [-0.4, -0.2) is 0 Å². The second-order valence-electron chi connectivity index (χ2n) is 7.47. The fourth-order valence-electron chi connectivity index (χ4n) is 3.77. The van der Waals surface area contributed by atoms with Crippen LogP contribution in [0.15, 0.2) is 48.4 Å². The first-order valence-electron chi connectivity index (χ1n) is 10.6. The van der Waals surface area contributed by atoms with Gasteiger partial charge in [-0.2, -0.15) is 0 Å². The minimum Gasteiger partial charge on any atom is -0.324 e. The molecule has 2 heteroatoms. The van der Waals surface area contributed by atoms with Gasteiger partial charge < -0.3 is 5.73 Å². The van der Waals surface area contributed by atoms with E-state index < -0.39 is 0 Å². The monoisotopic (exact) mass is 405 g/mol.